The molecule has 1 unspecified atom stereocenters. The molecule has 0 spiro atoms. The zero-order chi connectivity index (χ0) is 15.1. The number of nitrogens with zero attached hydrogens (tertiary/aromatic N) is 2. The molecule has 0 aliphatic carbocycles. The number of aryl methyl sites for hydroxylation is 1. The molecule has 1 aliphatic rings. The summed E-state index contributed by atoms with van der Waals surface area (Å²) in [5, 5.41) is 0.701. The van der Waals surface area contributed by atoms with Crippen molar-refractivity contribution in [2.45, 2.75) is 25.3 Å². The number of rotatable bonds is 2. The van der Waals surface area contributed by atoms with Gasteiger partial charge >= 0.3 is 0 Å². The number of halogens is 1. The van der Waals surface area contributed by atoms with Crippen LogP contribution < -0.4 is 5.56 Å². The lowest BCUT2D eigenvalue weighted by molar-refractivity contribution is 0.512. The summed E-state index contributed by atoms with van der Waals surface area (Å²) in [6.07, 6.45) is 2.74. The van der Waals surface area contributed by atoms with E-state index in [2.05, 4.69) is 28.1 Å². The second kappa shape index (κ2) is 5.36. The number of fused-ring (bicyclic) bond motifs is 2. The third-order valence-electron chi connectivity index (χ3n) is 4.32. The molecule has 1 aliphatic heterocycles. The number of aromatic nitrogens is 2. The van der Waals surface area contributed by atoms with Gasteiger partial charge in [-0.15, -0.1) is 0 Å². The number of hydrogen-bond acceptors (Lipinski definition) is 2. The van der Waals surface area contributed by atoms with E-state index < -0.39 is 0 Å². The molecule has 0 bridgehead atoms. The molecule has 0 saturated heterocycles. The van der Waals surface area contributed by atoms with Crippen molar-refractivity contribution >= 4 is 26.8 Å². The molecule has 3 nitrogen and oxygen atoms in total. The van der Waals surface area contributed by atoms with Gasteiger partial charge in [0.15, 0.2) is 0 Å². The molecule has 22 heavy (non-hydrogen) atoms. The molecule has 0 radical (unpaired) electrons. The fourth-order valence-electron chi connectivity index (χ4n) is 3.28. The Morgan fingerprint density at radius 1 is 1.18 bits per heavy atom. The minimum Gasteiger partial charge on any atom is -0.293 e. The molecule has 0 saturated carbocycles. The quantitative estimate of drug-likeness (QED) is 0.699. The van der Waals surface area contributed by atoms with Gasteiger partial charge < -0.3 is 0 Å². The second-order valence-corrected chi connectivity index (χ2v) is 6.66. The van der Waals surface area contributed by atoms with Crippen molar-refractivity contribution in [2.75, 3.05) is 0 Å². The Labute approximate surface area is 136 Å². The minimum absolute atomic E-state index is 0.0888. The highest BCUT2D eigenvalue weighted by atomic mass is 79.9. The molecule has 3 aromatic rings. The first-order valence-corrected chi connectivity index (χ1v) is 8.26. The van der Waals surface area contributed by atoms with Crippen LogP contribution in [0, 0.1) is 0 Å². The molecular weight excluding hydrogens is 340 g/mol. The minimum atomic E-state index is 0.0888. The highest BCUT2D eigenvalue weighted by Gasteiger charge is 2.25. The standard InChI is InChI=1S/C18H15BrN2O/c19-13-6-8-15-16(11-13)20-17-9-7-14(21(17)18(15)22)10-12-4-2-1-3-5-12/h1-6,8,11,14H,7,9-10H2. The summed E-state index contributed by atoms with van der Waals surface area (Å²) in [4.78, 5) is 17.5. The van der Waals surface area contributed by atoms with E-state index in [-0.39, 0.29) is 11.6 Å². The average Bonchev–Trinajstić information content (AvgIpc) is 2.91. The lowest BCUT2D eigenvalue weighted by atomic mass is 10.0. The lowest BCUT2D eigenvalue weighted by Crippen LogP contribution is -2.25. The van der Waals surface area contributed by atoms with Crippen molar-refractivity contribution in [2.24, 2.45) is 0 Å². The summed E-state index contributed by atoms with van der Waals surface area (Å²) in [6.45, 7) is 0. The molecule has 0 fully saturated rings. The van der Waals surface area contributed by atoms with Crippen LogP contribution in [0.15, 0.2) is 57.8 Å². The van der Waals surface area contributed by atoms with Crippen LogP contribution in [0.2, 0.25) is 0 Å². The maximum absolute atomic E-state index is 12.8. The number of hydrogen-bond donors (Lipinski definition) is 0. The van der Waals surface area contributed by atoms with Gasteiger partial charge in [0.25, 0.3) is 5.56 Å². The highest BCUT2D eigenvalue weighted by Crippen LogP contribution is 2.28. The van der Waals surface area contributed by atoms with Crippen molar-refractivity contribution in [3.8, 4) is 0 Å². The first-order valence-electron chi connectivity index (χ1n) is 7.47. The first kappa shape index (κ1) is 13.7. The smallest absolute Gasteiger partial charge is 0.261 e. The Balaban J connectivity index is 1.81. The van der Waals surface area contributed by atoms with Crippen molar-refractivity contribution < 1.29 is 0 Å². The van der Waals surface area contributed by atoms with Gasteiger partial charge in [0.05, 0.1) is 10.9 Å². The zero-order valence-corrected chi connectivity index (χ0v) is 13.6. The molecule has 110 valence electrons. The molecule has 0 N–H and O–H groups in total. The number of benzene rings is 2. The molecule has 1 aromatic heterocycles. The normalized spacial score (nSPS) is 16.9. The van der Waals surface area contributed by atoms with Crippen LogP contribution in [-0.4, -0.2) is 9.55 Å². The largest absolute Gasteiger partial charge is 0.293 e. The maximum Gasteiger partial charge on any atom is 0.261 e. The SMILES string of the molecule is O=c1c2ccc(Br)cc2nc2n1C(Cc1ccccc1)CC2. The summed E-state index contributed by atoms with van der Waals surface area (Å²) < 4.78 is 2.86. The van der Waals surface area contributed by atoms with Gasteiger partial charge in [-0.05, 0) is 36.6 Å². The lowest BCUT2D eigenvalue weighted by Gasteiger charge is -2.15. The monoisotopic (exact) mass is 354 g/mol. The van der Waals surface area contributed by atoms with Crippen LogP contribution in [0.3, 0.4) is 0 Å². The van der Waals surface area contributed by atoms with Crippen LogP contribution in [0.4, 0.5) is 0 Å². The topological polar surface area (TPSA) is 34.9 Å². The van der Waals surface area contributed by atoms with Crippen molar-refractivity contribution in [3.05, 3.63) is 74.7 Å². The van der Waals surface area contributed by atoms with E-state index in [9.17, 15) is 4.79 Å². The zero-order valence-electron chi connectivity index (χ0n) is 12.0. The van der Waals surface area contributed by atoms with E-state index >= 15 is 0 Å². The van der Waals surface area contributed by atoms with Gasteiger partial charge in [0.1, 0.15) is 5.82 Å². The van der Waals surface area contributed by atoms with Gasteiger partial charge in [-0.1, -0.05) is 46.3 Å². The van der Waals surface area contributed by atoms with Crippen molar-refractivity contribution in [1.82, 2.24) is 9.55 Å². The van der Waals surface area contributed by atoms with E-state index in [1.165, 1.54) is 5.56 Å². The Kier molecular flexibility index (Phi) is 3.34. The van der Waals surface area contributed by atoms with Crippen molar-refractivity contribution in [3.63, 3.8) is 0 Å². The second-order valence-electron chi connectivity index (χ2n) is 5.75. The van der Waals surface area contributed by atoms with E-state index in [4.69, 9.17) is 4.98 Å². The summed E-state index contributed by atoms with van der Waals surface area (Å²) in [7, 11) is 0. The third-order valence-corrected chi connectivity index (χ3v) is 4.81. The molecule has 2 aromatic carbocycles. The van der Waals surface area contributed by atoms with Gasteiger partial charge in [0, 0.05) is 16.9 Å². The van der Waals surface area contributed by atoms with Crippen LogP contribution in [0.1, 0.15) is 23.9 Å². The van der Waals surface area contributed by atoms with Gasteiger partial charge in [0.2, 0.25) is 0 Å². The summed E-state index contributed by atoms with van der Waals surface area (Å²) in [5.41, 5.74) is 2.14. The Hall–Kier alpha value is -1.94. The Morgan fingerprint density at radius 2 is 2.00 bits per heavy atom. The first-order chi connectivity index (χ1) is 10.7. The predicted molar refractivity (Wildman–Crippen MR) is 91.2 cm³/mol. The molecule has 2 heterocycles. The van der Waals surface area contributed by atoms with E-state index in [1.807, 2.05) is 41.0 Å². The highest BCUT2D eigenvalue weighted by molar-refractivity contribution is 9.10. The maximum atomic E-state index is 12.8. The van der Waals surface area contributed by atoms with Crippen LogP contribution in [0.5, 0.6) is 0 Å². The predicted octanol–water partition coefficient (Wildman–Crippen LogP) is 3.89. The van der Waals surface area contributed by atoms with Crippen LogP contribution >= 0.6 is 15.9 Å². The summed E-state index contributed by atoms with van der Waals surface area (Å²) in [6, 6.07) is 16.2. The summed E-state index contributed by atoms with van der Waals surface area (Å²) >= 11 is 3.44. The van der Waals surface area contributed by atoms with E-state index in [0.29, 0.717) is 5.39 Å². The van der Waals surface area contributed by atoms with E-state index in [0.717, 1.165) is 35.1 Å². The van der Waals surface area contributed by atoms with Crippen molar-refractivity contribution in [1.29, 1.82) is 0 Å². The Morgan fingerprint density at radius 3 is 2.82 bits per heavy atom. The molecule has 4 heteroatoms. The fraction of sp³-hybridized carbons (Fsp3) is 0.222. The average molecular weight is 355 g/mol. The van der Waals surface area contributed by atoms with Crippen LogP contribution in [0.25, 0.3) is 10.9 Å². The van der Waals surface area contributed by atoms with E-state index in [1.54, 1.807) is 0 Å². The fourth-order valence-corrected chi connectivity index (χ4v) is 3.62. The van der Waals surface area contributed by atoms with Gasteiger partial charge in [-0.2, -0.15) is 0 Å². The summed E-state index contributed by atoms with van der Waals surface area (Å²) in [5.74, 6) is 0.913. The van der Waals surface area contributed by atoms with Gasteiger partial charge in [-0.25, -0.2) is 4.98 Å². The van der Waals surface area contributed by atoms with Gasteiger partial charge in [-0.3, -0.25) is 9.36 Å². The molecular formula is C18H15BrN2O. The molecule has 1 atom stereocenters. The Bertz CT molecular complexity index is 902. The third kappa shape index (κ3) is 2.28. The molecule has 0 amide bonds. The van der Waals surface area contributed by atoms with Crippen LogP contribution in [-0.2, 0) is 12.8 Å². The molecule has 4 rings (SSSR count).